The fraction of sp³-hybridized carbons (Fsp3) is 0.467. The van der Waals surface area contributed by atoms with Crippen molar-refractivity contribution in [1.82, 2.24) is 5.32 Å². The van der Waals surface area contributed by atoms with E-state index in [4.69, 9.17) is 9.52 Å². The summed E-state index contributed by atoms with van der Waals surface area (Å²) >= 11 is 0. The third-order valence-electron chi connectivity index (χ3n) is 3.35. The van der Waals surface area contributed by atoms with Gasteiger partial charge < -0.3 is 19.9 Å². The van der Waals surface area contributed by atoms with E-state index in [1.807, 2.05) is 25.1 Å². The maximum Gasteiger partial charge on any atom is 0.134 e. The van der Waals surface area contributed by atoms with Crippen molar-refractivity contribution in [2.24, 2.45) is 0 Å². The first kappa shape index (κ1) is 14.1. The number of aryl methyl sites for hydroxylation is 1. The van der Waals surface area contributed by atoms with Gasteiger partial charge in [0, 0.05) is 17.5 Å². The van der Waals surface area contributed by atoms with Crippen LogP contribution in [0.2, 0.25) is 0 Å². The molecule has 0 aliphatic rings. The van der Waals surface area contributed by atoms with E-state index in [1.165, 1.54) is 5.56 Å². The molecule has 1 aromatic heterocycles. The Kier molecular flexibility index (Phi) is 4.58. The monoisotopic (exact) mass is 263 g/mol. The van der Waals surface area contributed by atoms with Crippen molar-refractivity contribution in [3.8, 4) is 0 Å². The second kappa shape index (κ2) is 6.19. The van der Waals surface area contributed by atoms with Crippen molar-refractivity contribution in [2.75, 3.05) is 13.2 Å². The molecule has 2 unspecified atom stereocenters. The standard InChI is InChI=1S/C15H21NO3/c1-3-12-13-6-4-5-7-14(13)19-15(12)10(2)16-8-11(18)9-17/h4-7,10-11,16-18H,3,8-9H2,1-2H3. The lowest BCUT2D eigenvalue weighted by Crippen LogP contribution is -2.31. The van der Waals surface area contributed by atoms with Crippen molar-refractivity contribution < 1.29 is 14.6 Å². The Bertz CT molecular complexity index is 535. The average Bonchev–Trinajstić information content (AvgIpc) is 2.82. The highest BCUT2D eigenvalue weighted by atomic mass is 16.3. The maximum absolute atomic E-state index is 9.38. The minimum atomic E-state index is -0.739. The summed E-state index contributed by atoms with van der Waals surface area (Å²) in [5.74, 6) is 0.911. The molecular formula is C15H21NO3. The number of furan rings is 1. The zero-order valence-electron chi connectivity index (χ0n) is 11.4. The van der Waals surface area contributed by atoms with E-state index in [1.54, 1.807) is 0 Å². The largest absolute Gasteiger partial charge is 0.459 e. The molecule has 0 fully saturated rings. The van der Waals surface area contributed by atoms with Gasteiger partial charge in [-0.05, 0) is 19.4 Å². The molecule has 2 rings (SSSR count). The van der Waals surface area contributed by atoms with Gasteiger partial charge >= 0.3 is 0 Å². The second-order valence-corrected chi connectivity index (χ2v) is 4.76. The molecule has 2 aromatic rings. The second-order valence-electron chi connectivity index (χ2n) is 4.76. The number of benzene rings is 1. The summed E-state index contributed by atoms with van der Waals surface area (Å²) in [6.07, 6.45) is 0.165. The van der Waals surface area contributed by atoms with E-state index in [9.17, 15) is 5.11 Å². The van der Waals surface area contributed by atoms with E-state index in [0.29, 0.717) is 6.54 Å². The number of rotatable bonds is 6. The Morgan fingerprint density at radius 3 is 2.74 bits per heavy atom. The Morgan fingerprint density at radius 1 is 1.32 bits per heavy atom. The van der Waals surface area contributed by atoms with Crippen LogP contribution in [0, 0.1) is 0 Å². The Labute approximate surface area is 113 Å². The lowest BCUT2D eigenvalue weighted by molar-refractivity contribution is 0.0917. The molecule has 0 saturated heterocycles. The number of aliphatic hydroxyl groups is 2. The number of para-hydroxylation sites is 1. The molecule has 19 heavy (non-hydrogen) atoms. The highest BCUT2D eigenvalue weighted by molar-refractivity contribution is 5.82. The molecular weight excluding hydrogens is 242 g/mol. The van der Waals surface area contributed by atoms with Crippen LogP contribution in [-0.4, -0.2) is 29.5 Å². The van der Waals surface area contributed by atoms with Gasteiger partial charge in [-0.25, -0.2) is 0 Å². The van der Waals surface area contributed by atoms with Gasteiger partial charge in [0.1, 0.15) is 11.3 Å². The average molecular weight is 263 g/mol. The predicted molar refractivity (Wildman–Crippen MR) is 75.1 cm³/mol. The molecule has 0 radical (unpaired) electrons. The zero-order chi connectivity index (χ0) is 13.8. The Hall–Kier alpha value is -1.36. The van der Waals surface area contributed by atoms with Gasteiger partial charge in [-0.15, -0.1) is 0 Å². The summed E-state index contributed by atoms with van der Waals surface area (Å²) in [7, 11) is 0. The first-order valence-electron chi connectivity index (χ1n) is 6.70. The van der Waals surface area contributed by atoms with Gasteiger partial charge in [0.25, 0.3) is 0 Å². The molecule has 0 aliphatic heterocycles. The predicted octanol–water partition coefficient (Wildman–Crippen LogP) is 2.00. The van der Waals surface area contributed by atoms with Crippen LogP contribution in [0.25, 0.3) is 11.0 Å². The van der Waals surface area contributed by atoms with Crippen LogP contribution in [0.5, 0.6) is 0 Å². The molecule has 0 aliphatic carbocycles. The molecule has 0 bridgehead atoms. The fourth-order valence-corrected chi connectivity index (χ4v) is 2.30. The fourth-order valence-electron chi connectivity index (χ4n) is 2.30. The smallest absolute Gasteiger partial charge is 0.134 e. The zero-order valence-corrected chi connectivity index (χ0v) is 11.4. The lowest BCUT2D eigenvalue weighted by atomic mass is 10.0. The van der Waals surface area contributed by atoms with Crippen LogP contribution >= 0.6 is 0 Å². The molecule has 0 saturated carbocycles. The number of nitrogens with one attached hydrogen (secondary N) is 1. The van der Waals surface area contributed by atoms with Gasteiger partial charge in [-0.1, -0.05) is 25.1 Å². The summed E-state index contributed by atoms with van der Waals surface area (Å²) < 4.78 is 5.91. The molecule has 4 nitrogen and oxygen atoms in total. The van der Waals surface area contributed by atoms with Crippen LogP contribution in [0.4, 0.5) is 0 Å². The topological polar surface area (TPSA) is 65.6 Å². The molecule has 0 amide bonds. The SMILES string of the molecule is CCc1c(C(C)NCC(O)CO)oc2ccccc12. The van der Waals surface area contributed by atoms with Crippen LogP contribution in [-0.2, 0) is 6.42 Å². The van der Waals surface area contributed by atoms with Crippen LogP contribution in [0.3, 0.4) is 0 Å². The van der Waals surface area contributed by atoms with E-state index >= 15 is 0 Å². The van der Waals surface area contributed by atoms with Crippen LogP contribution < -0.4 is 5.32 Å². The summed E-state index contributed by atoms with van der Waals surface area (Å²) in [5.41, 5.74) is 2.10. The normalized spacial score (nSPS) is 14.7. The van der Waals surface area contributed by atoms with Crippen molar-refractivity contribution >= 4 is 11.0 Å². The van der Waals surface area contributed by atoms with Crippen molar-refractivity contribution in [2.45, 2.75) is 32.4 Å². The molecule has 4 heteroatoms. The number of hydrogen-bond acceptors (Lipinski definition) is 4. The van der Waals surface area contributed by atoms with Gasteiger partial charge in [0.15, 0.2) is 0 Å². The van der Waals surface area contributed by atoms with Crippen molar-refractivity contribution in [3.63, 3.8) is 0 Å². The van der Waals surface area contributed by atoms with E-state index in [-0.39, 0.29) is 12.6 Å². The highest BCUT2D eigenvalue weighted by Crippen LogP contribution is 2.30. The van der Waals surface area contributed by atoms with E-state index < -0.39 is 6.10 Å². The minimum Gasteiger partial charge on any atom is -0.459 e. The van der Waals surface area contributed by atoms with Gasteiger partial charge in [0.05, 0.1) is 18.8 Å². The van der Waals surface area contributed by atoms with Crippen molar-refractivity contribution in [1.29, 1.82) is 0 Å². The summed E-state index contributed by atoms with van der Waals surface area (Å²) in [6, 6.07) is 8.00. The molecule has 1 heterocycles. The van der Waals surface area contributed by atoms with E-state index in [0.717, 1.165) is 23.2 Å². The van der Waals surface area contributed by atoms with Gasteiger partial charge in [0.2, 0.25) is 0 Å². The van der Waals surface area contributed by atoms with Crippen LogP contribution in [0.15, 0.2) is 28.7 Å². The van der Waals surface area contributed by atoms with Gasteiger partial charge in [-0.2, -0.15) is 0 Å². The lowest BCUT2D eigenvalue weighted by Gasteiger charge is -2.15. The minimum absolute atomic E-state index is 0.00329. The molecule has 2 atom stereocenters. The number of aliphatic hydroxyl groups excluding tert-OH is 2. The third kappa shape index (κ3) is 2.97. The first-order chi connectivity index (χ1) is 9.17. The van der Waals surface area contributed by atoms with Crippen LogP contribution in [0.1, 0.15) is 31.2 Å². The summed E-state index contributed by atoms with van der Waals surface area (Å²) in [4.78, 5) is 0. The number of fused-ring (bicyclic) bond motifs is 1. The quantitative estimate of drug-likeness (QED) is 0.746. The first-order valence-corrected chi connectivity index (χ1v) is 6.70. The molecule has 3 N–H and O–H groups in total. The summed E-state index contributed by atoms with van der Waals surface area (Å²) in [5, 5.41) is 22.5. The molecule has 104 valence electrons. The highest BCUT2D eigenvalue weighted by Gasteiger charge is 2.18. The Morgan fingerprint density at radius 2 is 2.05 bits per heavy atom. The Balaban J connectivity index is 2.23. The van der Waals surface area contributed by atoms with E-state index in [2.05, 4.69) is 18.3 Å². The van der Waals surface area contributed by atoms with Crippen molar-refractivity contribution in [3.05, 3.63) is 35.6 Å². The molecule has 0 spiro atoms. The molecule has 1 aromatic carbocycles. The summed E-state index contributed by atoms with van der Waals surface area (Å²) in [6.45, 7) is 4.22. The van der Waals surface area contributed by atoms with Gasteiger partial charge in [-0.3, -0.25) is 0 Å². The maximum atomic E-state index is 9.38. The number of hydrogen-bond donors (Lipinski definition) is 3. The third-order valence-corrected chi connectivity index (χ3v) is 3.35.